The van der Waals surface area contributed by atoms with Crippen molar-refractivity contribution in [1.29, 1.82) is 0 Å². The molecule has 4 rings (SSSR count). The second-order valence-corrected chi connectivity index (χ2v) is 7.61. The Labute approximate surface area is 183 Å². The molecule has 2 aliphatic heterocycles. The number of carbonyl (C=O) groups excluding carboxylic acids is 4. The lowest BCUT2D eigenvalue weighted by Crippen LogP contribution is -2.42. The van der Waals surface area contributed by atoms with Gasteiger partial charge >= 0.3 is 6.03 Å². The van der Waals surface area contributed by atoms with Gasteiger partial charge in [-0.15, -0.1) is 0 Å². The Morgan fingerprint density at radius 3 is 2.28 bits per heavy atom. The van der Waals surface area contributed by atoms with Crippen LogP contribution in [0.3, 0.4) is 0 Å². The van der Waals surface area contributed by atoms with E-state index in [1.165, 1.54) is 6.92 Å². The summed E-state index contributed by atoms with van der Waals surface area (Å²) < 4.78 is 11.1. The molecule has 1 atom stereocenters. The summed E-state index contributed by atoms with van der Waals surface area (Å²) in [5, 5.41) is 7.93. The fourth-order valence-corrected chi connectivity index (χ4v) is 3.57. The number of urea groups is 1. The van der Waals surface area contributed by atoms with E-state index in [2.05, 4.69) is 16.0 Å². The number of hydrogen-bond donors (Lipinski definition) is 3. The molecule has 2 heterocycles. The van der Waals surface area contributed by atoms with Gasteiger partial charge in [-0.05, 0) is 48.9 Å². The highest BCUT2D eigenvalue weighted by Gasteiger charge is 2.49. The van der Waals surface area contributed by atoms with Crippen LogP contribution < -0.4 is 25.4 Å². The Hall–Kier alpha value is -4.08. The molecular weight excluding hydrogens is 416 g/mol. The van der Waals surface area contributed by atoms with Crippen LogP contribution in [0.15, 0.2) is 42.5 Å². The Balaban J connectivity index is 1.44. The first-order valence-corrected chi connectivity index (χ1v) is 9.98. The second-order valence-electron chi connectivity index (χ2n) is 7.61. The molecule has 1 saturated heterocycles. The number of carbonyl (C=O) groups is 4. The summed E-state index contributed by atoms with van der Waals surface area (Å²) in [5.74, 6) is -0.221. The summed E-state index contributed by atoms with van der Waals surface area (Å²) in [4.78, 5) is 50.0. The molecule has 32 heavy (non-hydrogen) atoms. The maximum atomic E-state index is 13.1. The summed E-state index contributed by atoms with van der Waals surface area (Å²) in [7, 11) is 0. The molecule has 0 spiro atoms. The normalized spacial score (nSPS) is 19.4. The summed E-state index contributed by atoms with van der Waals surface area (Å²) in [6.45, 7) is 3.37. The highest BCUT2D eigenvalue weighted by atomic mass is 16.6. The SMILES string of the molecule is CC(=O)Nc1ccc(NC(=O)CN2C(=O)NC(C)(c3ccc4c(c3)OCCO4)C2=O)cc1. The lowest BCUT2D eigenvalue weighted by molar-refractivity contribution is -0.133. The van der Waals surface area contributed by atoms with E-state index < -0.39 is 29.9 Å². The van der Waals surface area contributed by atoms with Crippen molar-refractivity contribution in [2.24, 2.45) is 0 Å². The number of benzene rings is 2. The lowest BCUT2D eigenvalue weighted by Gasteiger charge is -2.25. The van der Waals surface area contributed by atoms with Crippen LogP contribution in [0.2, 0.25) is 0 Å². The molecule has 1 unspecified atom stereocenters. The third-order valence-corrected chi connectivity index (χ3v) is 5.19. The average molecular weight is 438 g/mol. The first-order valence-electron chi connectivity index (χ1n) is 9.98. The maximum absolute atomic E-state index is 13.1. The quantitative estimate of drug-likeness (QED) is 0.612. The van der Waals surface area contributed by atoms with Gasteiger partial charge in [0.25, 0.3) is 5.91 Å². The van der Waals surface area contributed by atoms with Gasteiger partial charge in [0.05, 0.1) is 0 Å². The van der Waals surface area contributed by atoms with Crippen LogP contribution in [0, 0.1) is 0 Å². The van der Waals surface area contributed by atoms with Crippen molar-refractivity contribution in [3.05, 3.63) is 48.0 Å². The number of anilines is 2. The largest absolute Gasteiger partial charge is 0.486 e. The van der Waals surface area contributed by atoms with Crippen molar-refractivity contribution in [3.8, 4) is 11.5 Å². The van der Waals surface area contributed by atoms with Gasteiger partial charge < -0.3 is 25.4 Å². The van der Waals surface area contributed by atoms with Crippen molar-refractivity contribution in [1.82, 2.24) is 10.2 Å². The number of hydrogen-bond acceptors (Lipinski definition) is 6. The van der Waals surface area contributed by atoms with E-state index in [1.807, 2.05) is 0 Å². The van der Waals surface area contributed by atoms with Crippen molar-refractivity contribution in [2.45, 2.75) is 19.4 Å². The number of fused-ring (bicyclic) bond motifs is 1. The first kappa shape index (κ1) is 21.2. The lowest BCUT2D eigenvalue weighted by atomic mass is 9.91. The van der Waals surface area contributed by atoms with E-state index in [1.54, 1.807) is 49.4 Å². The second kappa shape index (κ2) is 8.22. The van der Waals surface area contributed by atoms with E-state index in [0.717, 1.165) is 4.90 Å². The molecule has 0 bridgehead atoms. The van der Waals surface area contributed by atoms with Gasteiger partial charge in [-0.2, -0.15) is 0 Å². The zero-order valence-electron chi connectivity index (χ0n) is 17.6. The smallest absolute Gasteiger partial charge is 0.325 e. The van der Waals surface area contributed by atoms with Crippen LogP contribution in [0.4, 0.5) is 16.2 Å². The number of nitrogens with one attached hydrogen (secondary N) is 3. The summed E-state index contributed by atoms with van der Waals surface area (Å²) in [6.07, 6.45) is 0. The van der Waals surface area contributed by atoms with Gasteiger partial charge in [0.15, 0.2) is 11.5 Å². The molecule has 0 aromatic heterocycles. The molecule has 10 nitrogen and oxygen atoms in total. The van der Waals surface area contributed by atoms with Crippen LogP contribution in [0.5, 0.6) is 11.5 Å². The number of imide groups is 1. The Bertz CT molecular complexity index is 1100. The number of amides is 5. The van der Waals surface area contributed by atoms with Crippen LogP contribution in [0.25, 0.3) is 0 Å². The molecule has 3 N–H and O–H groups in total. The minimum absolute atomic E-state index is 0.207. The standard InChI is InChI=1S/C22H22N4O6/c1-13(27)23-15-4-6-16(7-5-15)24-19(28)12-26-20(29)22(2,25-21(26)30)14-3-8-17-18(11-14)32-10-9-31-17/h3-8,11H,9-10,12H2,1-2H3,(H,23,27)(H,24,28)(H,25,30). The van der Waals surface area contributed by atoms with Gasteiger partial charge in [-0.3, -0.25) is 19.3 Å². The van der Waals surface area contributed by atoms with Crippen molar-refractivity contribution < 1.29 is 28.7 Å². The van der Waals surface area contributed by atoms with E-state index in [4.69, 9.17) is 9.47 Å². The topological polar surface area (TPSA) is 126 Å². The fraction of sp³-hybridized carbons (Fsp3) is 0.273. The molecule has 2 aromatic carbocycles. The maximum Gasteiger partial charge on any atom is 0.325 e. The minimum atomic E-state index is -1.34. The molecular formula is C22H22N4O6. The van der Waals surface area contributed by atoms with Crippen molar-refractivity contribution >= 4 is 35.1 Å². The highest BCUT2D eigenvalue weighted by molar-refractivity contribution is 6.10. The van der Waals surface area contributed by atoms with Crippen molar-refractivity contribution in [2.75, 3.05) is 30.4 Å². The summed E-state index contributed by atoms with van der Waals surface area (Å²) in [6, 6.07) is 10.8. The predicted octanol–water partition coefficient (Wildman–Crippen LogP) is 1.82. The number of rotatable bonds is 5. The van der Waals surface area contributed by atoms with Crippen LogP contribution in [-0.4, -0.2) is 48.4 Å². The van der Waals surface area contributed by atoms with Crippen molar-refractivity contribution in [3.63, 3.8) is 0 Å². The third kappa shape index (κ3) is 4.07. The van der Waals surface area contributed by atoms with E-state index in [0.29, 0.717) is 41.7 Å². The van der Waals surface area contributed by atoms with E-state index in [9.17, 15) is 19.2 Å². The Morgan fingerprint density at radius 2 is 1.62 bits per heavy atom. The molecule has 0 aliphatic carbocycles. The molecule has 0 saturated carbocycles. The van der Waals surface area contributed by atoms with Crippen LogP contribution >= 0.6 is 0 Å². The van der Waals surface area contributed by atoms with Gasteiger partial charge in [-0.25, -0.2) is 4.79 Å². The third-order valence-electron chi connectivity index (χ3n) is 5.19. The van der Waals surface area contributed by atoms with Crippen LogP contribution in [-0.2, 0) is 19.9 Å². The van der Waals surface area contributed by atoms with Crippen LogP contribution in [0.1, 0.15) is 19.4 Å². The first-order chi connectivity index (χ1) is 15.3. The Morgan fingerprint density at radius 1 is 1.00 bits per heavy atom. The number of ether oxygens (including phenoxy) is 2. The van der Waals surface area contributed by atoms with Gasteiger partial charge in [0, 0.05) is 18.3 Å². The van der Waals surface area contributed by atoms with Gasteiger partial charge in [0.2, 0.25) is 11.8 Å². The molecule has 5 amide bonds. The van der Waals surface area contributed by atoms with E-state index >= 15 is 0 Å². The molecule has 2 aromatic rings. The van der Waals surface area contributed by atoms with Gasteiger partial charge in [0.1, 0.15) is 25.3 Å². The Kier molecular flexibility index (Phi) is 5.43. The monoisotopic (exact) mass is 438 g/mol. The average Bonchev–Trinajstić information content (AvgIpc) is 2.98. The molecule has 2 aliphatic rings. The summed E-state index contributed by atoms with van der Waals surface area (Å²) >= 11 is 0. The zero-order valence-corrected chi connectivity index (χ0v) is 17.6. The predicted molar refractivity (Wildman–Crippen MR) is 114 cm³/mol. The summed E-state index contributed by atoms with van der Waals surface area (Å²) in [5.41, 5.74) is 0.231. The fourth-order valence-electron chi connectivity index (χ4n) is 3.57. The minimum Gasteiger partial charge on any atom is -0.486 e. The number of nitrogens with zero attached hydrogens (tertiary/aromatic N) is 1. The molecule has 1 fully saturated rings. The van der Waals surface area contributed by atoms with E-state index in [-0.39, 0.29) is 5.91 Å². The van der Waals surface area contributed by atoms with Gasteiger partial charge in [-0.1, -0.05) is 6.07 Å². The molecule has 0 radical (unpaired) electrons. The molecule has 10 heteroatoms. The zero-order chi connectivity index (χ0) is 22.9. The molecule has 166 valence electrons. The highest BCUT2D eigenvalue weighted by Crippen LogP contribution is 2.36.